The van der Waals surface area contributed by atoms with Crippen LogP contribution in [-0.2, 0) is 0 Å². The van der Waals surface area contributed by atoms with Crippen LogP contribution in [0.5, 0.6) is 0 Å². The number of anilines is 1. The second-order valence-corrected chi connectivity index (χ2v) is 5.41. The molecule has 90 valence electrons. The van der Waals surface area contributed by atoms with Gasteiger partial charge in [-0.1, -0.05) is 6.07 Å². The zero-order valence-electron chi connectivity index (χ0n) is 10.2. The van der Waals surface area contributed by atoms with Crippen molar-refractivity contribution >= 4 is 43.8 Å². The van der Waals surface area contributed by atoms with Crippen LogP contribution in [0.1, 0.15) is 22.3 Å². The van der Waals surface area contributed by atoms with Crippen LogP contribution in [0.15, 0.2) is 24.3 Å². The molecule has 0 atom stereocenters. The van der Waals surface area contributed by atoms with E-state index in [4.69, 9.17) is 5.73 Å². The summed E-state index contributed by atoms with van der Waals surface area (Å²) in [4.78, 5) is 16.7. The maximum atomic E-state index is 11.5. The minimum atomic E-state index is 0.0157. The van der Waals surface area contributed by atoms with Gasteiger partial charge < -0.3 is 5.73 Å². The molecule has 0 amide bonds. The molecule has 0 aliphatic heterocycles. The molecular formula is C14H12N2OS. The summed E-state index contributed by atoms with van der Waals surface area (Å²) in [6, 6.07) is 7.95. The highest BCUT2D eigenvalue weighted by atomic mass is 32.1. The van der Waals surface area contributed by atoms with E-state index < -0.39 is 0 Å². The standard InChI is InChI=1S/C14H12N2OS/c1-7-3-4-9-10(16-7)5-6-11-12(9)13(15)14(18-11)8(2)17/h3-6H,15H2,1-2H3. The predicted molar refractivity (Wildman–Crippen MR) is 76.3 cm³/mol. The number of carbonyl (C=O) groups excluding carboxylic acids is 1. The van der Waals surface area contributed by atoms with Crippen molar-refractivity contribution in [2.45, 2.75) is 13.8 Å². The molecule has 0 saturated carbocycles. The first-order valence-corrected chi connectivity index (χ1v) is 6.49. The first-order valence-electron chi connectivity index (χ1n) is 5.67. The molecule has 0 unspecified atom stereocenters. The molecule has 3 aromatic rings. The maximum absolute atomic E-state index is 11.5. The summed E-state index contributed by atoms with van der Waals surface area (Å²) in [5.74, 6) is 0.0157. The lowest BCUT2D eigenvalue weighted by Crippen LogP contribution is -1.94. The minimum absolute atomic E-state index is 0.0157. The molecule has 0 fully saturated rings. The van der Waals surface area contributed by atoms with Crippen molar-refractivity contribution in [2.75, 3.05) is 5.73 Å². The normalized spacial score (nSPS) is 11.2. The molecule has 0 radical (unpaired) electrons. The van der Waals surface area contributed by atoms with Gasteiger partial charge in [-0.25, -0.2) is 0 Å². The average Bonchev–Trinajstić information content (AvgIpc) is 2.67. The number of thiophene rings is 1. The number of aromatic nitrogens is 1. The molecule has 0 spiro atoms. The molecule has 0 saturated heterocycles. The first kappa shape index (κ1) is 11.2. The van der Waals surface area contributed by atoms with Crippen molar-refractivity contribution in [1.82, 2.24) is 4.98 Å². The Morgan fingerprint density at radius 3 is 2.78 bits per heavy atom. The molecule has 3 rings (SSSR count). The van der Waals surface area contributed by atoms with Crippen LogP contribution in [0, 0.1) is 6.92 Å². The van der Waals surface area contributed by atoms with Gasteiger partial charge in [0.15, 0.2) is 5.78 Å². The summed E-state index contributed by atoms with van der Waals surface area (Å²) in [5, 5.41) is 1.97. The zero-order valence-corrected chi connectivity index (χ0v) is 11.0. The highest BCUT2D eigenvalue weighted by Gasteiger charge is 2.15. The third kappa shape index (κ3) is 1.49. The molecule has 4 heteroatoms. The summed E-state index contributed by atoms with van der Waals surface area (Å²) >= 11 is 1.45. The van der Waals surface area contributed by atoms with Crippen molar-refractivity contribution in [1.29, 1.82) is 0 Å². The number of hydrogen-bond donors (Lipinski definition) is 1. The SMILES string of the molecule is CC(=O)c1sc2ccc3nc(C)ccc3c2c1N. The van der Waals surface area contributed by atoms with Crippen molar-refractivity contribution < 1.29 is 4.79 Å². The number of ketones is 1. The summed E-state index contributed by atoms with van der Waals surface area (Å²) in [7, 11) is 0. The van der Waals surface area contributed by atoms with E-state index in [1.165, 1.54) is 11.3 Å². The number of nitrogens with zero attached hydrogens (tertiary/aromatic N) is 1. The van der Waals surface area contributed by atoms with Crippen LogP contribution in [-0.4, -0.2) is 10.8 Å². The Labute approximate surface area is 108 Å². The van der Waals surface area contributed by atoms with Gasteiger partial charge in [0, 0.05) is 28.1 Å². The van der Waals surface area contributed by atoms with Crippen LogP contribution >= 0.6 is 11.3 Å². The monoisotopic (exact) mass is 256 g/mol. The topological polar surface area (TPSA) is 56.0 Å². The highest BCUT2D eigenvalue weighted by molar-refractivity contribution is 7.21. The molecular weight excluding hydrogens is 244 g/mol. The van der Waals surface area contributed by atoms with E-state index in [0.29, 0.717) is 10.6 Å². The fraction of sp³-hybridized carbons (Fsp3) is 0.143. The van der Waals surface area contributed by atoms with E-state index >= 15 is 0 Å². The molecule has 2 aromatic heterocycles. The Kier molecular flexibility index (Phi) is 2.35. The van der Waals surface area contributed by atoms with Crippen molar-refractivity contribution in [3.05, 3.63) is 34.8 Å². The van der Waals surface area contributed by atoms with Crippen molar-refractivity contribution in [3.63, 3.8) is 0 Å². The maximum Gasteiger partial charge on any atom is 0.171 e. The van der Waals surface area contributed by atoms with Gasteiger partial charge in [0.1, 0.15) is 0 Å². The molecule has 0 aliphatic carbocycles. The predicted octanol–water partition coefficient (Wildman–Crippen LogP) is 3.54. The smallest absolute Gasteiger partial charge is 0.171 e. The van der Waals surface area contributed by atoms with Crippen LogP contribution in [0.25, 0.3) is 21.0 Å². The highest BCUT2D eigenvalue weighted by Crippen LogP contribution is 2.38. The Bertz CT molecular complexity index is 789. The average molecular weight is 256 g/mol. The number of hydrogen-bond acceptors (Lipinski definition) is 4. The fourth-order valence-electron chi connectivity index (χ4n) is 2.19. The van der Waals surface area contributed by atoms with Gasteiger partial charge in [-0.05, 0) is 25.1 Å². The minimum Gasteiger partial charge on any atom is -0.397 e. The van der Waals surface area contributed by atoms with Gasteiger partial charge in [0.25, 0.3) is 0 Å². The Morgan fingerprint density at radius 1 is 1.28 bits per heavy atom. The fourth-order valence-corrected chi connectivity index (χ4v) is 3.22. The van der Waals surface area contributed by atoms with Gasteiger partial charge in [0.2, 0.25) is 0 Å². The van der Waals surface area contributed by atoms with E-state index in [0.717, 1.165) is 26.7 Å². The Hall–Kier alpha value is -1.94. The molecule has 0 aliphatic rings. The first-order chi connectivity index (χ1) is 8.58. The number of nitrogen functional groups attached to an aromatic ring is 1. The van der Waals surface area contributed by atoms with Crippen LogP contribution < -0.4 is 5.73 Å². The molecule has 2 N–H and O–H groups in total. The summed E-state index contributed by atoms with van der Waals surface area (Å²) in [6.07, 6.45) is 0. The molecule has 1 aromatic carbocycles. The molecule has 3 nitrogen and oxygen atoms in total. The van der Waals surface area contributed by atoms with Crippen LogP contribution in [0.3, 0.4) is 0 Å². The number of rotatable bonds is 1. The number of nitrogens with two attached hydrogens (primary N) is 1. The quantitative estimate of drug-likeness (QED) is 0.677. The van der Waals surface area contributed by atoms with E-state index in [-0.39, 0.29) is 5.78 Å². The Balaban J connectivity index is 2.50. The lowest BCUT2D eigenvalue weighted by atomic mass is 10.1. The van der Waals surface area contributed by atoms with Gasteiger partial charge in [-0.15, -0.1) is 11.3 Å². The number of Topliss-reactive ketones (excluding diaryl/α,β-unsaturated/α-hetero) is 1. The second kappa shape index (κ2) is 3.78. The summed E-state index contributed by atoms with van der Waals surface area (Å²) in [5.41, 5.74) is 8.58. The Morgan fingerprint density at radius 2 is 2.06 bits per heavy atom. The summed E-state index contributed by atoms with van der Waals surface area (Å²) < 4.78 is 1.04. The number of aryl methyl sites for hydroxylation is 1. The number of carbonyl (C=O) groups is 1. The van der Waals surface area contributed by atoms with E-state index in [9.17, 15) is 4.79 Å². The zero-order chi connectivity index (χ0) is 12.9. The number of pyridine rings is 1. The number of benzene rings is 1. The lowest BCUT2D eigenvalue weighted by molar-refractivity contribution is 0.102. The van der Waals surface area contributed by atoms with Crippen LogP contribution in [0.2, 0.25) is 0 Å². The van der Waals surface area contributed by atoms with Crippen LogP contribution in [0.4, 0.5) is 5.69 Å². The van der Waals surface area contributed by atoms with E-state index in [1.807, 2.05) is 31.2 Å². The third-order valence-corrected chi connectivity index (χ3v) is 4.29. The van der Waals surface area contributed by atoms with E-state index in [1.54, 1.807) is 6.92 Å². The largest absolute Gasteiger partial charge is 0.397 e. The second-order valence-electron chi connectivity index (χ2n) is 4.36. The van der Waals surface area contributed by atoms with Crippen molar-refractivity contribution in [3.8, 4) is 0 Å². The van der Waals surface area contributed by atoms with Gasteiger partial charge >= 0.3 is 0 Å². The van der Waals surface area contributed by atoms with Gasteiger partial charge in [-0.2, -0.15) is 0 Å². The summed E-state index contributed by atoms with van der Waals surface area (Å²) in [6.45, 7) is 3.51. The van der Waals surface area contributed by atoms with Gasteiger partial charge in [-0.3, -0.25) is 9.78 Å². The molecule has 0 bridgehead atoms. The third-order valence-electron chi connectivity index (χ3n) is 3.02. The molecule has 2 heterocycles. The number of fused-ring (bicyclic) bond motifs is 3. The lowest BCUT2D eigenvalue weighted by Gasteiger charge is -2.01. The van der Waals surface area contributed by atoms with Gasteiger partial charge in [0.05, 0.1) is 16.1 Å². The van der Waals surface area contributed by atoms with Crippen molar-refractivity contribution in [2.24, 2.45) is 0 Å². The van der Waals surface area contributed by atoms with E-state index in [2.05, 4.69) is 4.98 Å². The molecule has 18 heavy (non-hydrogen) atoms.